The second-order valence-electron chi connectivity index (χ2n) is 4.67. The van der Waals surface area contributed by atoms with Gasteiger partial charge in [-0.05, 0) is 42.2 Å². The number of methoxy groups -OCH3 is 1. The molecule has 0 radical (unpaired) electrons. The van der Waals surface area contributed by atoms with Gasteiger partial charge in [-0.15, -0.1) is 0 Å². The molecule has 0 aliphatic carbocycles. The standard InChI is InChI=1S/C16H20N2O/c1-12-5-4-6-15(13(12)2)11-17-10-14-7-8-18-16(9-14)19-3/h4-9,17H,10-11H2,1-3H3. The Kier molecular flexibility index (Phi) is 4.53. The molecule has 0 saturated heterocycles. The summed E-state index contributed by atoms with van der Waals surface area (Å²) in [6.07, 6.45) is 1.77. The maximum absolute atomic E-state index is 5.12. The Morgan fingerprint density at radius 3 is 2.79 bits per heavy atom. The van der Waals surface area contributed by atoms with Gasteiger partial charge >= 0.3 is 0 Å². The molecule has 0 amide bonds. The molecule has 1 heterocycles. The SMILES string of the molecule is COc1cc(CNCc2cccc(C)c2C)ccn1. The third-order valence-corrected chi connectivity index (χ3v) is 3.37. The van der Waals surface area contributed by atoms with Crippen molar-refractivity contribution in [1.29, 1.82) is 0 Å². The summed E-state index contributed by atoms with van der Waals surface area (Å²) in [7, 11) is 1.63. The summed E-state index contributed by atoms with van der Waals surface area (Å²) < 4.78 is 5.12. The number of hydrogen-bond donors (Lipinski definition) is 1. The maximum Gasteiger partial charge on any atom is 0.213 e. The minimum Gasteiger partial charge on any atom is -0.481 e. The van der Waals surface area contributed by atoms with Crippen molar-refractivity contribution < 1.29 is 4.74 Å². The van der Waals surface area contributed by atoms with E-state index >= 15 is 0 Å². The zero-order chi connectivity index (χ0) is 13.7. The number of aryl methyl sites for hydroxylation is 1. The molecule has 3 nitrogen and oxygen atoms in total. The van der Waals surface area contributed by atoms with Crippen LogP contribution in [-0.4, -0.2) is 12.1 Å². The van der Waals surface area contributed by atoms with Gasteiger partial charge in [0.05, 0.1) is 7.11 Å². The van der Waals surface area contributed by atoms with Gasteiger partial charge < -0.3 is 10.1 Å². The molecule has 2 rings (SSSR count). The van der Waals surface area contributed by atoms with Crippen LogP contribution in [0, 0.1) is 13.8 Å². The molecular formula is C16H20N2O. The summed E-state index contributed by atoms with van der Waals surface area (Å²) in [5.74, 6) is 0.658. The van der Waals surface area contributed by atoms with E-state index in [2.05, 4.69) is 42.3 Å². The van der Waals surface area contributed by atoms with E-state index in [0.717, 1.165) is 13.1 Å². The van der Waals surface area contributed by atoms with E-state index in [1.54, 1.807) is 13.3 Å². The third kappa shape index (κ3) is 3.55. The molecule has 100 valence electrons. The number of rotatable bonds is 5. The number of hydrogen-bond acceptors (Lipinski definition) is 3. The van der Waals surface area contributed by atoms with Crippen LogP contribution in [0.2, 0.25) is 0 Å². The van der Waals surface area contributed by atoms with E-state index in [1.807, 2.05) is 12.1 Å². The molecule has 0 aliphatic rings. The van der Waals surface area contributed by atoms with Crippen LogP contribution < -0.4 is 10.1 Å². The van der Waals surface area contributed by atoms with Gasteiger partial charge in [0, 0.05) is 25.4 Å². The van der Waals surface area contributed by atoms with E-state index in [-0.39, 0.29) is 0 Å². The molecule has 0 atom stereocenters. The van der Waals surface area contributed by atoms with E-state index in [4.69, 9.17) is 4.74 Å². The minimum atomic E-state index is 0.658. The molecule has 1 N–H and O–H groups in total. The van der Waals surface area contributed by atoms with Crippen LogP contribution in [0.5, 0.6) is 5.88 Å². The normalized spacial score (nSPS) is 10.5. The number of aromatic nitrogens is 1. The van der Waals surface area contributed by atoms with Crippen LogP contribution >= 0.6 is 0 Å². The fraction of sp³-hybridized carbons (Fsp3) is 0.312. The maximum atomic E-state index is 5.12. The summed E-state index contributed by atoms with van der Waals surface area (Å²) >= 11 is 0. The summed E-state index contributed by atoms with van der Waals surface area (Å²) in [6.45, 7) is 6.00. The molecule has 1 aromatic heterocycles. The quantitative estimate of drug-likeness (QED) is 0.893. The lowest BCUT2D eigenvalue weighted by molar-refractivity contribution is 0.397. The summed E-state index contributed by atoms with van der Waals surface area (Å²) in [5, 5.41) is 3.45. The Morgan fingerprint density at radius 2 is 2.00 bits per heavy atom. The molecule has 1 aromatic carbocycles. The Morgan fingerprint density at radius 1 is 1.16 bits per heavy atom. The van der Waals surface area contributed by atoms with Gasteiger partial charge in [0.1, 0.15) is 0 Å². The van der Waals surface area contributed by atoms with Crippen LogP contribution in [-0.2, 0) is 13.1 Å². The average Bonchev–Trinajstić information content (AvgIpc) is 2.44. The highest BCUT2D eigenvalue weighted by molar-refractivity contribution is 5.33. The molecule has 0 spiro atoms. The lowest BCUT2D eigenvalue weighted by Crippen LogP contribution is -2.14. The predicted octanol–water partition coefficient (Wildman–Crippen LogP) is 3.00. The smallest absolute Gasteiger partial charge is 0.213 e. The first-order valence-corrected chi connectivity index (χ1v) is 6.45. The van der Waals surface area contributed by atoms with Crippen molar-refractivity contribution in [2.45, 2.75) is 26.9 Å². The largest absolute Gasteiger partial charge is 0.481 e. The topological polar surface area (TPSA) is 34.1 Å². The van der Waals surface area contributed by atoms with Crippen LogP contribution in [0.1, 0.15) is 22.3 Å². The number of benzene rings is 1. The number of nitrogens with one attached hydrogen (secondary N) is 1. The van der Waals surface area contributed by atoms with Crippen molar-refractivity contribution in [2.24, 2.45) is 0 Å². The van der Waals surface area contributed by atoms with Crippen molar-refractivity contribution in [3.05, 3.63) is 58.8 Å². The molecule has 0 saturated carbocycles. The molecule has 0 fully saturated rings. The highest BCUT2D eigenvalue weighted by atomic mass is 16.5. The zero-order valence-corrected chi connectivity index (χ0v) is 11.7. The van der Waals surface area contributed by atoms with Crippen molar-refractivity contribution in [3.63, 3.8) is 0 Å². The van der Waals surface area contributed by atoms with Crippen molar-refractivity contribution in [1.82, 2.24) is 10.3 Å². The van der Waals surface area contributed by atoms with Crippen LogP contribution in [0.25, 0.3) is 0 Å². The third-order valence-electron chi connectivity index (χ3n) is 3.37. The van der Waals surface area contributed by atoms with Gasteiger partial charge in [-0.1, -0.05) is 18.2 Å². The van der Waals surface area contributed by atoms with Gasteiger partial charge in [-0.3, -0.25) is 0 Å². The summed E-state index contributed by atoms with van der Waals surface area (Å²) in [6, 6.07) is 10.4. The Bertz CT molecular complexity index is 552. The van der Waals surface area contributed by atoms with E-state index in [0.29, 0.717) is 5.88 Å². The molecule has 2 aromatic rings. The number of ether oxygens (including phenoxy) is 1. The zero-order valence-electron chi connectivity index (χ0n) is 11.7. The van der Waals surface area contributed by atoms with E-state index < -0.39 is 0 Å². The molecular weight excluding hydrogens is 236 g/mol. The molecule has 19 heavy (non-hydrogen) atoms. The Labute approximate surface area is 114 Å². The highest BCUT2D eigenvalue weighted by Crippen LogP contribution is 2.13. The molecule has 0 bridgehead atoms. The second-order valence-corrected chi connectivity index (χ2v) is 4.67. The summed E-state index contributed by atoms with van der Waals surface area (Å²) in [5.41, 5.74) is 5.23. The fourth-order valence-corrected chi connectivity index (χ4v) is 2.02. The number of pyridine rings is 1. The van der Waals surface area contributed by atoms with Crippen LogP contribution in [0.3, 0.4) is 0 Å². The van der Waals surface area contributed by atoms with Crippen molar-refractivity contribution in [2.75, 3.05) is 7.11 Å². The lowest BCUT2D eigenvalue weighted by atomic mass is 10.0. The van der Waals surface area contributed by atoms with Gasteiger partial charge in [-0.25, -0.2) is 4.98 Å². The fourth-order valence-electron chi connectivity index (χ4n) is 2.02. The van der Waals surface area contributed by atoms with E-state index in [1.165, 1.54) is 22.3 Å². The van der Waals surface area contributed by atoms with Crippen LogP contribution in [0.4, 0.5) is 0 Å². The first-order chi connectivity index (χ1) is 9.20. The van der Waals surface area contributed by atoms with Gasteiger partial charge in [0.2, 0.25) is 5.88 Å². The minimum absolute atomic E-state index is 0.658. The molecule has 0 aliphatic heterocycles. The molecule has 3 heteroatoms. The Balaban J connectivity index is 1.94. The van der Waals surface area contributed by atoms with Crippen molar-refractivity contribution >= 4 is 0 Å². The van der Waals surface area contributed by atoms with E-state index in [9.17, 15) is 0 Å². The van der Waals surface area contributed by atoms with Gasteiger partial charge in [0.25, 0.3) is 0 Å². The monoisotopic (exact) mass is 256 g/mol. The second kappa shape index (κ2) is 6.34. The highest BCUT2D eigenvalue weighted by Gasteiger charge is 2.01. The molecule has 0 unspecified atom stereocenters. The van der Waals surface area contributed by atoms with Gasteiger partial charge in [-0.2, -0.15) is 0 Å². The summed E-state index contributed by atoms with van der Waals surface area (Å²) in [4.78, 5) is 4.10. The number of nitrogens with zero attached hydrogens (tertiary/aromatic N) is 1. The van der Waals surface area contributed by atoms with Crippen molar-refractivity contribution in [3.8, 4) is 5.88 Å². The Hall–Kier alpha value is -1.87. The first-order valence-electron chi connectivity index (χ1n) is 6.45. The predicted molar refractivity (Wildman–Crippen MR) is 77.2 cm³/mol. The lowest BCUT2D eigenvalue weighted by Gasteiger charge is -2.10. The van der Waals surface area contributed by atoms with Crippen LogP contribution in [0.15, 0.2) is 36.5 Å². The average molecular weight is 256 g/mol. The first kappa shape index (κ1) is 13.6. The van der Waals surface area contributed by atoms with Gasteiger partial charge in [0.15, 0.2) is 0 Å².